The number of rotatable bonds is 4. The first-order valence-electron chi connectivity index (χ1n) is 3.46. The van der Waals surface area contributed by atoms with Crippen LogP contribution in [0.2, 0.25) is 0 Å². The molecule has 14 heavy (non-hydrogen) atoms. The molecule has 0 saturated carbocycles. The lowest BCUT2D eigenvalue weighted by molar-refractivity contribution is -0.163. The van der Waals surface area contributed by atoms with Gasteiger partial charge in [-0.05, 0) is 0 Å². The van der Waals surface area contributed by atoms with Crippen molar-refractivity contribution >= 4 is 19.5 Å². The number of carbonyl (C=O) groups excluding carboxylic acids is 2. The molecule has 1 unspecified atom stereocenters. The van der Waals surface area contributed by atoms with Gasteiger partial charge in [0, 0.05) is 6.66 Å². The fraction of sp³-hybridized carbons (Fsp3) is 0.667. The maximum absolute atomic E-state index is 10.9. The van der Waals surface area contributed by atoms with Crippen LogP contribution in [-0.2, 0) is 28.2 Å². The van der Waals surface area contributed by atoms with E-state index in [4.69, 9.17) is 4.89 Å². The third-order valence-corrected chi connectivity index (χ3v) is 1.73. The van der Waals surface area contributed by atoms with E-state index in [0.717, 1.165) is 20.9 Å². The summed E-state index contributed by atoms with van der Waals surface area (Å²) in [5, 5.41) is 0. The van der Waals surface area contributed by atoms with Gasteiger partial charge in [-0.15, -0.1) is 0 Å². The fourth-order valence-corrected chi connectivity index (χ4v) is 1.16. The molecule has 7 nitrogen and oxygen atoms in total. The van der Waals surface area contributed by atoms with Crippen LogP contribution in [-0.4, -0.2) is 43.8 Å². The summed E-state index contributed by atoms with van der Waals surface area (Å²) in [7, 11) is -1.93. The molecule has 0 aromatic rings. The highest BCUT2D eigenvalue weighted by atomic mass is 31.2. The smallest absolute Gasteiger partial charge is 0.347 e. The summed E-state index contributed by atoms with van der Waals surface area (Å²) < 4.78 is 23.5. The molecule has 0 heterocycles. The lowest BCUT2D eigenvalue weighted by Crippen LogP contribution is -2.34. The van der Waals surface area contributed by atoms with Crippen LogP contribution in [0.15, 0.2) is 0 Å². The largest absolute Gasteiger partial charge is 0.467 e. The van der Waals surface area contributed by atoms with Gasteiger partial charge < -0.3 is 14.4 Å². The standard InChI is InChI=1S/C6H11O7P/c1-11-5(7)4(6(8)12-2)13-14(3,9)10/h4H,1-3H3,(H,9,10). The summed E-state index contributed by atoms with van der Waals surface area (Å²) in [6, 6.07) is 0. The average Bonchev–Trinajstić information content (AvgIpc) is 2.10. The second-order valence-electron chi connectivity index (χ2n) is 2.33. The topological polar surface area (TPSA) is 99.1 Å². The molecule has 0 aromatic heterocycles. The summed E-state index contributed by atoms with van der Waals surface area (Å²) in [5.41, 5.74) is 0. The number of hydrogen-bond donors (Lipinski definition) is 1. The molecule has 0 saturated heterocycles. The van der Waals surface area contributed by atoms with E-state index in [9.17, 15) is 14.2 Å². The summed E-state index contributed by atoms with van der Waals surface area (Å²) in [5.74, 6) is -2.18. The zero-order valence-electron chi connectivity index (χ0n) is 7.92. The Kier molecular flexibility index (Phi) is 4.76. The van der Waals surface area contributed by atoms with Gasteiger partial charge in [-0.25, -0.2) is 9.59 Å². The van der Waals surface area contributed by atoms with E-state index in [2.05, 4.69) is 14.0 Å². The molecule has 0 fully saturated rings. The monoisotopic (exact) mass is 226 g/mol. The molecule has 0 aliphatic carbocycles. The molecule has 0 aliphatic rings. The summed E-state index contributed by atoms with van der Waals surface area (Å²) in [4.78, 5) is 30.6. The summed E-state index contributed by atoms with van der Waals surface area (Å²) in [6.07, 6.45) is -1.83. The van der Waals surface area contributed by atoms with Gasteiger partial charge in [0.2, 0.25) is 0 Å². The number of hydrogen-bond acceptors (Lipinski definition) is 6. The average molecular weight is 226 g/mol. The maximum atomic E-state index is 10.9. The molecule has 1 atom stereocenters. The van der Waals surface area contributed by atoms with E-state index < -0.39 is 25.6 Å². The SMILES string of the molecule is COC(=O)C(OP(C)(=O)O)C(=O)OC. The molecule has 0 aromatic carbocycles. The Labute approximate surface area is 80.5 Å². The van der Waals surface area contributed by atoms with Gasteiger partial charge in [0.05, 0.1) is 14.2 Å². The summed E-state index contributed by atoms with van der Waals surface area (Å²) >= 11 is 0. The van der Waals surface area contributed by atoms with Crippen LogP contribution in [0.25, 0.3) is 0 Å². The van der Waals surface area contributed by atoms with Crippen molar-refractivity contribution in [3.8, 4) is 0 Å². The molecule has 8 heteroatoms. The van der Waals surface area contributed by atoms with Gasteiger partial charge in [0.15, 0.2) is 0 Å². The molecule has 0 bridgehead atoms. The fourth-order valence-electron chi connectivity index (χ4n) is 0.592. The number of ether oxygens (including phenoxy) is 2. The quantitative estimate of drug-likeness (QED) is 0.393. The maximum Gasteiger partial charge on any atom is 0.347 e. The van der Waals surface area contributed by atoms with Crippen LogP contribution < -0.4 is 0 Å². The van der Waals surface area contributed by atoms with Crippen molar-refractivity contribution in [2.75, 3.05) is 20.9 Å². The first-order chi connectivity index (χ1) is 6.31. The first-order valence-corrected chi connectivity index (χ1v) is 5.48. The van der Waals surface area contributed by atoms with Crippen molar-refractivity contribution in [2.24, 2.45) is 0 Å². The highest BCUT2D eigenvalue weighted by molar-refractivity contribution is 7.52. The zero-order chi connectivity index (χ0) is 11.4. The second kappa shape index (κ2) is 5.09. The van der Waals surface area contributed by atoms with Crippen LogP contribution in [0.4, 0.5) is 0 Å². The Morgan fingerprint density at radius 3 is 1.79 bits per heavy atom. The van der Waals surface area contributed by atoms with Crippen molar-refractivity contribution < 1.29 is 33.0 Å². The Morgan fingerprint density at radius 1 is 1.21 bits per heavy atom. The van der Waals surface area contributed by atoms with Gasteiger partial charge in [0.25, 0.3) is 6.10 Å². The van der Waals surface area contributed by atoms with Crippen molar-refractivity contribution in [3.63, 3.8) is 0 Å². The van der Waals surface area contributed by atoms with Gasteiger partial charge in [-0.1, -0.05) is 0 Å². The van der Waals surface area contributed by atoms with Gasteiger partial charge >= 0.3 is 19.5 Å². The van der Waals surface area contributed by atoms with Crippen LogP contribution in [0.1, 0.15) is 0 Å². The Hall–Kier alpha value is -0.910. The highest BCUT2D eigenvalue weighted by Crippen LogP contribution is 2.38. The third kappa shape index (κ3) is 4.36. The number of carbonyl (C=O) groups is 2. The van der Waals surface area contributed by atoms with Gasteiger partial charge in [0.1, 0.15) is 0 Å². The molecule has 0 aliphatic heterocycles. The molecule has 82 valence electrons. The molecule has 0 spiro atoms. The Morgan fingerprint density at radius 2 is 1.57 bits per heavy atom. The lowest BCUT2D eigenvalue weighted by Gasteiger charge is -2.14. The van der Waals surface area contributed by atoms with Crippen molar-refractivity contribution in [1.82, 2.24) is 0 Å². The molecular formula is C6H11O7P. The zero-order valence-corrected chi connectivity index (χ0v) is 8.82. The number of esters is 2. The van der Waals surface area contributed by atoms with Gasteiger partial charge in [-0.2, -0.15) is 0 Å². The van der Waals surface area contributed by atoms with Crippen molar-refractivity contribution in [1.29, 1.82) is 0 Å². The van der Waals surface area contributed by atoms with Crippen molar-refractivity contribution in [2.45, 2.75) is 6.10 Å². The molecule has 0 radical (unpaired) electrons. The Bertz CT molecular complexity index is 251. The molecule has 1 N–H and O–H groups in total. The van der Waals surface area contributed by atoms with Crippen LogP contribution in [0.3, 0.4) is 0 Å². The van der Waals surface area contributed by atoms with E-state index in [1.54, 1.807) is 0 Å². The minimum absolute atomic E-state index is 0.839. The molecular weight excluding hydrogens is 215 g/mol. The van der Waals surface area contributed by atoms with Crippen LogP contribution in [0, 0.1) is 0 Å². The molecule has 0 amide bonds. The first kappa shape index (κ1) is 13.1. The van der Waals surface area contributed by atoms with Gasteiger partial charge in [-0.3, -0.25) is 9.09 Å². The predicted molar refractivity (Wildman–Crippen MR) is 44.7 cm³/mol. The van der Waals surface area contributed by atoms with Crippen LogP contribution >= 0.6 is 7.60 Å². The minimum atomic E-state index is -3.96. The van der Waals surface area contributed by atoms with E-state index in [-0.39, 0.29) is 0 Å². The Balaban J connectivity index is 4.66. The summed E-state index contributed by atoms with van der Waals surface area (Å²) in [6.45, 7) is 0.839. The number of methoxy groups -OCH3 is 2. The predicted octanol–water partition coefficient (Wildman–Crippen LogP) is -0.467. The lowest BCUT2D eigenvalue weighted by atomic mass is 10.4. The van der Waals surface area contributed by atoms with E-state index in [0.29, 0.717) is 0 Å². The van der Waals surface area contributed by atoms with Crippen molar-refractivity contribution in [3.05, 3.63) is 0 Å². The normalized spacial score (nSPS) is 14.6. The van der Waals surface area contributed by atoms with E-state index in [1.807, 2.05) is 0 Å². The van der Waals surface area contributed by atoms with Crippen LogP contribution in [0.5, 0.6) is 0 Å². The molecule has 0 rings (SSSR count). The second-order valence-corrected chi connectivity index (χ2v) is 4.15. The minimum Gasteiger partial charge on any atom is -0.467 e. The van der Waals surface area contributed by atoms with E-state index in [1.165, 1.54) is 0 Å². The third-order valence-electron chi connectivity index (χ3n) is 1.13. The van der Waals surface area contributed by atoms with E-state index >= 15 is 0 Å². The highest BCUT2D eigenvalue weighted by Gasteiger charge is 2.34.